The van der Waals surface area contributed by atoms with Gasteiger partial charge >= 0.3 is 0 Å². The molecule has 4 heteroatoms. The summed E-state index contributed by atoms with van der Waals surface area (Å²) in [5.74, 6) is -0.0847. The van der Waals surface area contributed by atoms with Gasteiger partial charge in [0.25, 0.3) is 5.91 Å². The van der Waals surface area contributed by atoms with Crippen molar-refractivity contribution in [3.8, 4) is 0 Å². The highest BCUT2D eigenvalue weighted by Gasteiger charge is 2.35. The average Bonchev–Trinajstić information content (AvgIpc) is 2.69. The normalized spacial score (nSPS) is 21.8. The monoisotopic (exact) mass is 247 g/mol. The third-order valence-electron chi connectivity index (χ3n) is 3.86. The van der Waals surface area contributed by atoms with Crippen LogP contribution in [0.1, 0.15) is 49.2 Å². The number of pyridine rings is 1. The first kappa shape index (κ1) is 13.0. The molecule has 4 nitrogen and oxygen atoms in total. The maximum Gasteiger partial charge on any atom is 0.270 e. The molecule has 0 aliphatic heterocycles. The van der Waals surface area contributed by atoms with Crippen LogP contribution in [0, 0.1) is 5.41 Å². The average molecular weight is 247 g/mol. The second kappa shape index (κ2) is 5.06. The van der Waals surface area contributed by atoms with Crippen molar-refractivity contribution in [1.82, 2.24) is 10.3 Å². The SMILES string of the molecule is CC1(C)CCCC1NC(=O)c1ccc(CN)cn1. The van der Waals surface area contributed by atoms with Gasteiger partial charge in [0.15, 0.2) is 0 Å². The molecule has 1 fully saturated rings. The molecule has 1 amide bonds. The van der Waals surface area contributed by atoms with E-state index in [1.165, 1.54) is 6.42 Å². The fourth-order valence-corrected chi connectivity index (χ4v) is 2.51. The van der Waals surface area contributed by atoms with Gasteiger partial charge in [-0.15, -0.1) is 0 Å². The minimum Gasteiger partial charge on any atom is -0.347 e. The number of nitrogens with two attached hydrogens (primary N) is 1. The Labute approximate surface area is 108 Å². The molecule has 0 bridgehead atoms. The Hall–Kier alpha value is -1.42. The number of amides is 1. The molecule has 0 spiro atoms. The van der Waals surface area contributed by atoms with E-state index >= 15 is 0 Å². The Bertz CT molecular complexity index is 425. The molecule has 3 N–H and O–H groups in total. The van der Waals surface area contributed by atoms with Crippen LogP contribution in [0.3, 0.4) is 0 Å². The van der Waals surface area contributed by atoms with Gasteiger partial charge in [-0.05, 0) is 29.9 Å². The van der Waals surface area contributed by atoms with Crippen molar-refractivity contribution in [2.75, 3.05) is 0 Å². The van der Waals surface area contributed by atoms with Crippen molar-refractivity contribution in [2.45, 2.75) is 45.7 Å². The summed E-state index contributed by atoms with van der Waals surface area (Å²) in [5.41, 5.74) is 7.10. The van der Waals surface area contributed by atoms with Gasteiger partial charge in [0.05, 0.1) is 0 Å². The van der Waals surface area contributed by atoms with E-state index in [-0.39, 0.29) is 17.4 Å². The quantitative estimate of drug-likeness (QED) is 0.856. The van der Waals surface area contributed by atoms with Gasteiger partial charge in [0.2, 0.25) is 0 Å². The van der Waals surface area contributed by atoms with E-state index in [9.17, 15) is 4.79 Å². The van der Waals surface area contributed by atoms with Crippen LogP contribution in [-0.2, 0) is 6.54 Å². The predicted octanol–water partition coefficient (Wildman–Crippen LogP) is 1.85. The summed E-state index contributed by atoms with van der Waals surface area (Å²) in [6.45, 7) is 4.86. The molecule has 1 aromatic rings. The van der Waals surface area contributed by atoms with Crippen molar-refractivity contribution in [2.24, 2.45) is 11.1 Å². The lowest BCUT2D eigenvalue weighted by molar-refractivity contribution is 0.0905. The lowest BCUT2D eigenvalue weighted by Gasteiger charge is -2.27. The van der Waals surface area contributed by atoms with Crippen LogP contribution >= 0.6 is 0 Å². The number of nitrogens with one attached hydrogen (secondary N) is 1. The lowest BCUT2D eigenvalue weighted by Crippen LogP contribution is -2.41. The predicted molar refractivity (Wildman–Crippen MR) is 71.0 cm³/mol. The number of nitrogens with zero attached hydrogens (tertiary/aromatic N) is 1. The van der Waals surface area contributed by atoms with Crippen molar-refractivity contribution in [1.29, 1.82) is 0 Å². The summed E-state index contributed by atoms with van der Waals surface area (Å²) in [4.78, 5) is 16.2. The molecule has 0 aromatic carbocycles. The van der Waals surface area contributed by atoms with Crippen molar-refractivity contribution >= 4 is 5.91 Å². The number of carbonyl (C=O) groups is 1. The Morgan fingerprint density at radius 3 is 2.83 bits per heavy atom. The van der Waals surface area contributed by atoms with Crippen LogP contribution in [-0.4, -0.2) is 16.9 Å². The standard InChI is InChI=1S/C14H21N3O/c1-14(2)7-3-4-12(14)17-13(18)11-6-5-10(8-15)9-16-11/h5-6,9,12H,3-4,7-8,15H2,1-2H3,(H,17,18). The summed E-state index contributed by atoms with van der Waals surface area (Å²) < 4.78 is 0. The Morgan fingerprint density at radius 1 is 1.56 bits per heavy atom. The molecule has 1 unspecified atom stereocenters. The van der Waals surface area contributed by atoms with E-state index in [4.69, 9.17) is 5.73 Å². The molecule has 0 saturated heterocycles. The molecule has 1 heterocycles. The number of carbonyl (C=O) groups excluding carboxylic acids is 1. The molecular formula is C14H21N3O. The number of aromatic nitrogens is 1. The second-order valence-corrected chi connectivity index (χ2v) is 5.66. The van der Waals surface area contributed by atoms with Crippen LogP contribution < -0.4 is 11.1 Å². The minimum absolute atomic E-state index is 0.0847. The first-order chi connectivity index (χ1) is 8.53. The number of hydrogen-bond donors (Lipinski definition) is 2. The molecule has 98 valence electrons. The van der Waals surface area contributed by atoms with Gasteiger partial charge in [-0.1, -0.05) is 26.3 Å². The molecule has 1 aliphatic carbocycles. The van der Waals surface area contributed by atoms with E-state index in [0.29, 0.717) is 12.2 Å². The number of rotatable bonds is 3. The lowest BCUT2D eigenvalue weighted by atomic mass is 9.87. The van der Waals surface area contributed by atoms with Crippen LogP contribution in [0.15, 0.2) is 18.3 Å². The van der Waals surface area contributed by atoms with Gasteiger partial charge in [0, 0.05) is 18.8 Å². The molecule has 2 rings (SSSR count). The maximum absolute atomic E-state index is 12.1. The molecule has 18 heavy (non-hydrogen) atoms. The van der Waals surface area contributed by atoms with Crippen molar-refractivity contribution < 1.29 is 4.79 Å². The smallest absolute Gasteiger partial charge is 0.270 e. The van der Waals surface area contributed by atoms with E-state index < -0.39 is 0 Å². The van der Waals surface area contributed by atoms with Crippen LogP contribution in [0.2, 0.25) is 0 Å². The molecular weight excluding hydrogens is 226 g/mol. The molecule has 1 aromatic heterocycles. The fourth-order valence-electron chi connectivity index (χ4n) is 2.51. The molecule has 1 aliphatic rings. The third-order valence-corrected chi connectivity index (χ3v) is 3.86. The van der Waals surface area contributed by atoms with Crippen LogP contribution in [0.4, 0.5) is 0 Å². The van der Waals surface area contributed by atoms with Gasteiger partial charge in [-0.2, -0.15) is 0 Å². The first-order valence-electron chi connectivity index (χ1n) is 6.49. The summed E-state index contributed by atoms with van der Waals surface area (Å²) in [5, 5.41) is 3.09. The second-order valence-electron chi connectivity index (χ2n) is 5.66. The Balaban J connectivity index is 2.03. The van der Waals surface area contributed by atoms with Gasteiger partial charge in [-0.25, -0.2) is 0 Å². The molecule has 1 atom stereocenters. The zero-order valence-corrected chi connectivity index (χ0v) is 11.1. The van der Waals surface area contributed by atoms with E-state index in [1.54, 1.807) is 12.3 Å². The van der Waals surface area contributed by atoms with Gasteiger partial charge in [0.1, 0.15) is 5.69 Å². The van der Waals surface area contributed by atoms with Gasteiger partial charge in [-0.3, -0.25) is 9.78 Å². The Kier molecular flexibility index (Phi) is 3.66. The van der Waals surface area contributed by atoms with E-state index in [0.717, 1.165) is 18.4 Å². The van der Waals surface area contributed by atoms with E-state index in [2.05, 4.69) is 24.1 Å². The highest BCUT2D eigenvalue weighted by molar-refractivity contribution is 5.92. The van der Waals surface area contributed by atoms with E-state index in [1.807, 2.05) is 6.07 Å². The highest BCUT2D eigenvalue weighted by Crippen LogP contribution is 2.37. The third kappa shape index (κ3) is 2.70. The minimum atomic E-state index is -0.0847. The zero-order chi connectivity index (χ0) is 13.2. The zero-order valence-electron chi connectivity index (χ0n) is 11.1. The highest BCUT2D eigenvalue weighted by atomic mass is 16.1. The van der Waals surface area contributed by atoms with Crippen molar-refractivity contribution in [3.63, 3.8) is 0 Å². The summed E-state index contributed by atoms with van der Waals surface area (Å²) in [6.07, 6.45) is 5.06. The molecule has 1 saturated carbocycles. The fraction of sp³-hybridized carbons (Fsp3) is 0.571. The topological polar surface area (TPSA) is 68.0 Å². The largest absolute Gasteiger partial charge is 0.347 e. The maximum atomic E-state index is 12.1. The summed E-state index contributed by atoms with van der Waals surface area (Å²) >= 11 is 0. The molecule has 0 radical (unpaired) electrons. The first-order valence-corrected chi connectivity index (χ1v) is 6.49. The van der Waals surface area contributed by atoms with Gasteiger partial charge < -0.3 is 11.1 Å². The summed E-state index contributed by atoms with van der Waals surface area (Å²) in [6, 6.07) is 3.84. The summed E-state index contributed by atoms with van der Waals surface area (Å²) in [7, 11) is 0. The van der Waals surface area contributed by atoms with Crippen LogP contribution in [0.5, 0.6) is 0 Å². The number of hydrogen-bond acceptors (Lipinski definition) is 3. The van der Waals surface area contributed by atoms with Crippen LogP contribution in [0.25, 0.3) is 0 Å². The van der Waals surface area contributed by atoms with Crippen molar-refractivity contribution in [3.05, 3.63) is 29.6 Å². The Morgan fingerprint density at radius 2 is 2.33 bits per heavy atom.